The second-order valence-corrected chi connectivity index (χ2v) is 6.42. The zero-order chi connectivity index (χ0) is 14.4. The first-order valence-electron chi connectivity index (χ1n) is 8.08. The molecule has 2 heterocycles. The molecule has 3 heteroatoms. The van der Waals surface area contributed by atoms with Gasteiger partial charge in [0, 0.05) is 25.3 Å². The van der Waals surface area contributed by atoms with E-state index in [2.05, 4.69) is 42.0 Å². The van der Waals surface area contributed by atoms with E-state index in [1.165, 1.54) is 43.5 Å². The number of rotatable bonds is 5. The minimum Gasteiger partial charge on any atom is -0.367 e. The van der Waals surface area contributed by atoms with Crippen LogP contribution in [0.15, 0.2) is 18.5 Å². The molecular weight excluding hydrogens is 246 g/mol. The number of pyridine rings is 1. The van der Waals surface area contributed by atoms with Crippen molar-refractivity contribution in [3.05, 3.63) is 24.0 Å². The molecule has 1 aromatic heterocycles. The second kappa shape index (κ2) is 7.63. The molecule has 1 saturated heterocycles. The molecule has 0 radical (unpaired) electrons. The zero-order valence-electron chi connectivity index (χ0n) is 13.2. The summed E-state index contributed by atoms with van der Waals surface area (Å²) in [4.78, 5) is 6.92. The molecule has 1 N–H and O–H groups in total. The molecular formula is C17H29N3. The van der Waals surface area contributed by atoms with Crippen molar-refractivity contribution in [1.82, 2.24) is 10.3 Å². The lowest BCUT2D eigenvalue weighted by Crippen LogP contribution is -2.34. The summed E-state index contributed by atoms with van der Waals surface area (Å²) in [5, 5.41) is 3.56. The van der Waals surface area contributed by atoms with Crippen LogP contribution in [-0.2, 0) is 6.54 Å². The first kappa shape index (κ1) is 15.3. The molecule has 1 aliphatic heterocycles. The molecule has 0 amide bonds. The number of hydrogen-bond acceptors (Lipinski definition) is 3. The molecule has 1 atom stereocenters. The lowest BCUT2D eigenvalue weighted by Gasteiger charge is -2.31. The largest absolute Gasteiger partial charge is 0.367 e. The van der Waals surface area contributed by atoms with E-state index in [-0.39, 0.29) is 0 Å². The van der Waals surface area contributed by atoms with E-state index in [9.17, 15) is 0 Å². The smallest absolute Gasteiger partial charge is 0.0600 e. The van der Waals surface area contributed by atoms with Crippen LogP contribution >= 0.6 is 0 Å². The Hall–Kier alpha value is -1.09. The Morgan fingerprint density at radius 3 is 3.00 bits per heavy atom. The minimum atomic E-state index is 0.630. The maximum absolute atomic E-state index is 4.36. The maximum atomic E-state index is 4.36. The van der Waals surface area contributed by atoms with Crippen molar-refractivity contribution in [3.63, 3.8) is 0 Å². The number of nitrogens with zero attached hydrogens (tertiary/aromatic N) is 2. The van der Waals surface area contributed by atoms with E-state index in [4.69, 9.17) is 0 Å². The van der Waals surface area contributed by atoms with Crippen molar-refractivity contribution in [3.8, 4) is 0 Å². The summed E-state index contributed by atoms with van der Waals surface area (Å²) in [7, 11) is 0. The highest BCUT2D eigenvalue weighted by molar-refractivity contribution is 5.52. The third kappa shape index (κ3) is 4.20. The Bertz CT molecular complexity index is 403. The lowest BCUT2D eigenvalue weighted by atomic mass is 10.1. The molecule has 3 nitrogen and oxygen atoms in total. The lowest BCUT2D eigenvalue weighted by molar-refractivity contribution is 0.550. The van der Waals surface area contributed by atoms with Gasteiger partial charge in [0.2, 0.25) is 0 Å². The standard InChI is InChI=1S/C17H29N3/c1-14(2)11-19-12-16-8-9-18-13-17(16)20-10-6-4-5-7-15(20)3/h8-9,13-15,19H,4-7,10-12H2,1-3H3. The van der Waals surface area contributed by atoms with E-state index in [0.717, 1.165) is 13.1 Å². The van der Waals surface area contributed by atoms with Gasteiger partial charge in [0.1, 0.15) is 0 Å². The van der Waals surface area contributed by atoms with Crippen molar-refractivity contribution in [1.29, 1.82) is 0 Å². The number of anilines is 1. The van der Waals surface area contributed by atoms with E-state index in [1.807, 2.05) is 12.4 Å². The second-order valence-electron chi connectivity index (χ2n) is 6.42. The first-order chi connectivity index (χ1) is 9.68. The van der Waals surface area contributed by atoms with E-state index >= 15 is 0 Å². The van der Waals surface area contributed by atoms with Gasteiger partial charge in [-0.05, 0) is 43.9 Å². The quantitative estimate of drug-likeness (QED) is 0.890. The predicted octanol–water partition coefficient (Wildman–Crippen LogP) is 3.60. The molecule has 0 aromatic carbocycles. The van der Waals surface area contributed by atoms with E-state index in [1.54, 1.807) is 0 Å². The molecule has 20 heavy (non-hydrogen) atoms. The number of nitrogens with one attached hydrogen (secondary N) is 1. The number of hydrogen-bond donors (Lipinski definition) is 1. The Labute approximate surface area is 123 Å². The average molecular weight is 275 g/mol. The van der Waals surface area contributed by atoms with Gasteiger partial charge >= 0.3 is 0 Å². The van der Waals surface area contributed by atoms with Crippen LogP contribution in [0.2, 0.25) is 0 Å². The Balaban J connectivity index is 2.09. The van der Waals surface area contributed by atoms with Crippen LogP contribution in [0.25, 0.3) is 0 Å². The summed E-state index contributed by atoms with van der Waals surface area (Å²) in [6.07, 6.45) is 9.29. The molecule has 1 aliphatic rings. The van der Waals surface area contributed by atoms with Crippen molar-refractivity contribution in [2.24, 2.45) is 5.92 Å². The molecule has 1 fully saturated rings. The maximum Gasteiger partial charge on any atom is 0.0600 e. The topological polar surface area (TPSA) is 28.2 Å². The van der Waals surface area contributed by atoms with Gasteiger partial charge in [-0.3, -0.25) is 4.98 Å². The zero-order valence-corrected chi connectivity index (χ0v) is 13.2. The third-order valence-electron chi connectivity index (χ3n) is 4.12. The van der Waals surface area contributed by atoms with Crippen LogP contribution in [0, 0.1) is 5.92 Å². The van der Waals surface area contributed by atoms with E-state index in [0.29, 0.717) is 12.0 Å². The van der Waals surface area contributed by atoms with Gasteiger partial charge in [-0.2, -0.15) is 0 Å². The summed E-state index contributed by atoms with van der Waals surface area (Å²) in [5.74, 6) is 0.692. The highest BCUT2D eigenvalue weighted by Crippen LogP contribution is 2.26. The molecule has 0 saturated carbocycles. The van der Waals surface area contributed by atoms with Crippen LogP contribution in [0.1, 0.15) is 52.0 Å². The summed E-state index contributed by atoms with van der Waals surface area (Å²) < 4.78 is 0. The van der Waals surface area contributed by atoms with Crippen LogP contribution in [-0.4, -0.2) is 24.1 Å². The van der Waals surface area contributed by atoms with Crippen molar-refractivity contribution in [2.75, 3.05) is 18.0 Å². The van der Waals surface area contributed by atoms with Gasteiger partial charge < -0.3 is 10.2 Å². The molecule has 0 bridgehead atoms. The normalized spacial score (nSPS) is 20.2. The van der Waals surface area contributed by atoms with Crippen molar-refractivity contribution < 1.29 is 0 Å². The van der Waals surface area contributed by atoms with Crippen LogP contribution in [0.4, 0.5) is 5.69 Å². The van der Waals surface area contributed by atoms with Gasteiger partial charge in [0.05, 0.1) is 11.9 Å². The van der Waals surface area contributed by atoms with Gasteiger partial charge in [0.15, 0.2) is 0 Å². The van der Waals surface area contributed by atoms with Gasteiger partial charge in [-0.15, -0.1) is 0 Å². The van der Waals surface area contributed by atoms with Gasteiger partial charge in [-0.1, -0.05) is 26.7 Å². The molecule has 0 aliphatic carbocycles. The molecule has 0 spiro atoms. The fraction of sp³-hybridized carbons (Fsp3) is 0.706. The molecule has 1 aromatic rings. The van der Waals surface area contributed by atoms with Crippen LogP contribution in [0.3, 0.4) is 0 Å². The molecule has 1 unspecified atom stereocenters. The summed E-state index contributed by atoms with van der Waals surface area (Å²) in [5.41, 5.74) is 2.72. The minimum absolute atomic E-state index is 0.630. The third-order valence-corrected chi connectivity index (χ3v) is 4.12. The molecule has 2 rings (SSSR count). The molecule has 112 valence electrons. The fourth-order valence-corrected chi connectivity index (χ4v) is 2.95. The highest BCUT2D eigenvalue weighted by Gasteiger charge is 2.19. The highest BCUT2D eigenvalue weighted by atomic mass is 15.2. The Kier molecular flexibility index (Phi) is 5.84. The van der Waals surface area contributed by atoms with Crippen molar-refractivity contribution >= 4 is 5.69 Å². The SMILES string of the molecule is CC(C)CNCc1ccncc1N1CCCCCC1C. The van der Waals surface area contributed by atoms with Crippen LogP contribution in [0.5, 0.6) is 0 Å². The number of aromatic nitrogens is 1. The van der Waals surface area contributed by atoms with E-state index < -0.39 is 0 Å². The van der Waals surface area contributed by atoms with Crippen molar-refractivity contribution in [2.45, 2.75) is 59.0 Å². The predicted molar refractivity (Wildman–Crippen MR) is 86.1 cm³/mol. The monoisotopic (exact) mass is 275 g/mol. The average Bonchev–Trinajstić information content (AvgIpc) is 2.64. The van der Waals surface area contributed by atoms with Gasteiger partial charge in [0.25, 0.3) is 0 Å². The summed E-state index contributed by atoms with van der Waals surface area (Å²) >= 11 is 0. The van der Waals surface area contributed by atoms with Crippen LogP contribution < -0.4 is 10.2 Å². The summed E-state index contributed by atoms with van der Waals surface area (Å²) in [6.45, 7) is 10.0. The Morgan fingerprint density at radius 1 is 1.35 bits per heavy atom. The fourth-order valence-electron chi connectivity index (χ4n) is 2.95. The Morgan fingerprint density at radius 2 is 2.20 bits per heavy atom. The van der Waals surface area contributed by atoms with Gasteiger partial charge in [-0.25, -0.2) is 0 Å². The first-order valence-corrected chi connectivity index (χ1v) is 8.08. The summed E-state index contributed by atoms with van der Waals surface area (Å²) in [6, 6.07) is 2.80.